The second-order valence-electron chi connectivity index (χ2n) is 5.00. The second-order valence-corrected chi connectivity index (χ2v) is 5.00. The van der Waals surface area contributed by atoms with E-state index in [9.17, 15) is 22.4 Å². The third-order valence-corrected chi connectivity index (χ3v) is 3.51. The lowest BCUT2D eigenvalue weighted by atomic mass is 10.1. The van der Waals surface area contributed by atoms with Crippen LogP contribution in [-0.2, 0) is 0 Å². The standard InChI is InChI=1S/C16H14F4N2O2/c1-9(11-5-3-4-6-13(11)18)22(2)15(23)12-7-10(17)8-21-14(12)24-16(19)20/h3-9,16H,1-2H3. The molecule has 1 aromatic carbocycles. The summed E-state index contributed by atoms with van der Waals surface area (Å²) in [7, 11) is 1.34. The van der Waals surface area contributed by atoms with Gasteiger partial charge in [-0.15, -0.1) is 0 Å². The van der Waals surface area contributed by atoms with Crippen LogP contribution in [0, 0.1) is 11.6 Å². The number of benzene rings is 1. The molecule has 0 radical (unpaired) electrons. The number of amides is 1. The second kappa shape index (κ2) is 7.29. The smallest absolute Gasteiger partial charge is 0.388 e. The molecule has 0 bridgehead atoms. The van der Waals surface area contributed by atoms with Gasteiger partial charge in [-0.2, -0.15) is 8.78 Å². The van der Waals surface area contributed by atoms with E-state index in [1.165, 1.54) is 25.2 Å². The third-order valence-electron chi connectivity index (χ3n) is 3.51. The van der Waals surface area contributed by atoms with Crippen LogP contribution < -0.4 is 4.74 Å². The number of ether oxygens (including phenoxy) is 1. The molecule has 1 aromatic heterocycles. The van der Waals surface area contributed by atoms with E-state index in [4.69, 9.17) is 0 Å². The first-order valence-corrected chi connectivity index (χ1v) is 6.93. The Labute approximate surface area is 135 Å². The van der Waals surface area contributed by atoms with Crippen molar-refractivity contribution in [2.75, 3.05) is 7.05 Å². The quantitative estimate of drug-likeness (QED) is 0.777. The van der Waals surface area contributed by atoms with Crippen molar-refractivity contribution in [3.8, 4) is 5.88 Å². The molecule has 2 rings (SSSR count). The number of aromatic nitrogens is 1. The number of carbonyl (C=O) groups excluding carboxylic acids is 1. The molecule has 0 aliphatic rings. The number of hydrogen-bond acceptors (Lipinski definition) is 3. The summed E-state index contributed by atoms with van der Waals surface area (Å²) in [5, 5.41) is 0. The first-order chi connectivity index (χ1) is 11.3. The average Bonchev–Trinajstić information content (AvgIpc) is 2.54. The van der Waals surface area contributed by atoms with Crippen LogP contribution in [0.3, 0.4) is 0 Å². The zero-order valence-corrected chi connectivity index (χ0v) is 12.8. The molecule has 0 aliphatic carbocycles. The summed E-state index contributed by atoms with van der Waals surface area (Å²) in [6.45, 7) is -1.67. The largest absolute Gasteiger partial charge is 0.416 e. The highest BCUT2D eigenvalue weighted by Gasteiger charge is 2.26. The number of alkyl halides is 2. The molecular formula is C16H14F4N2O2. The van der Waals surface area contributed by atoms with Gasteiger partial charge in [0, 0.05) is 12.6 Å². The van der Waals surface area contributed by atoms with Crippen molar-refractivity contribution < 1.29 is 27.1 Å². The van der Waals surface area contributed by atoms with Crippen LogP contribution >= 0.6 is 0 Å². The number of pyridine rings is 1. The minimum Gasteiger partial charge on any atom is -0.416 e. The van der Waals surface area contributed by atoms with Crippen molar-refractivity contribution in [2.24, 2.45) is 0 Å². The Hall–Kier alpha value is -2.64. The highest BCUT2D eigenvalue weighted by atomic mass is 19.3. The topological polar surface area (TPSA) is 42.4 Å². The van der Waals surface area contributed by atoms with Crippen molar-refractivity contribution >= 4 is 5.91 Å². The van der Waals surface area contributed by atoms with E-state index in [2.05, 4.69) is 9.72 Å². The van der Waals surface area contributed by atoms with E-state index in [0.717, 1.165) is 11.0 Å². The van der Waals surface area contributed by atoms with Crippen molar-refractivity contribution in [1.82, 2.24) is 9.88 Å². The maximum absolute atomic E-state index is 13.8. The van der Waals surface area contributed by atoms with E-state index in [1.54, 1.807) is 13.0 Å². The van der Waals surface area contributed by atoms with E-state index >= 15 is 0 Å². The number of carbonyl (C=O) groups is 1. The zero-order valence-electron chi connectivity index (χ0n) is 12.8. The van der Waals surface area contributed by atoms with Gasteiger partial charge in [-0.1, -0.05) is 18.2 Å². The molecule has 0 aliphatic heterocycles. The number of halogens is 4. The predicted molar refractivity (Wildman–Crippen MR) is 77.7 cm³/mol. The van der Waals surface area contributed by atoms with Gasteiger partial charge in [0.15, 0.2) is 0 Å². The molecule has 0 N–H and O–H groups in total. The van der Waals surface area contributed by atoms with Gasteiger partial charge >= 0.3 is 6.61 Å². The number of rotatable bonds is 5. The van der Waals surface area contributed by atoms with E-state index in [0.29, 0.717) is 6.20 Å². The normalized spacial score (nSPS) is 12.1. The van der Waals surface area contributed by atoms with Crippen LogP contribution in [0.25, 0.3) is 0 Å². The molecule has 2 aromatic rings. The number of hydrogen-bond donors (Lipinski definition) is 0. The lowest BCUT2D eigenvalue weighted by Crippen LogP contribution is -2.31. The molecule has 0 fully saturated rings. The Morgan fingerprint density at radius 3 is 2.54 bits per heavy atom. The first-order valence-electron chi connectivity index (χ1n) is 6.93. The van der Waals surface area contributed by atoms with Crippen molar-refractivity contribution in [1.29, 1.82) is 0 Å². The minimum absolute atomic E-state index is 0.231. The van der Waals surface area contributed by atoms with Gasteiger partial charge in [-0.25, -0.2) is 13.8 Å². The molecular weight excluding hydrogens is 328 g/mol. The summed E-state index contributed by atoms with van der Waals surface area (Å²) in [4.78, 5) is 17.0. The van der Waals surface area contributed by atoms with Crippen LogP contribution in [0.15, 0.2) is 36.5 Å². The minimum atomic E-state index is -3.22. The first kappa shape index (κ1) is 17.7. The molecule has 0 saturated heterocycles. The molecule has 1 atom stereocenters. The fourth-order valence-electron chi connectivity index (χ4n) is 2.15. The van der Waals surface area contributed by atoms with Crippen LogP contribution in [-0.4, -0.2) is 29.5 Å². The van der Waals surface area contributed by atoms with Crippen LogP contribution in [0.2, 0.25) is 0 Å². The lowest BCUT2D eigenvalue weighted by molar-refractivity contribution is -0.0534. The van der Waals surface area contributed by atoms with Gasteiger partial charge in [0.05, 0.1) is 12.2 Å². The van der Waals surface area contributed by atoms with E-state index < -0.39 is 41.6 Å². The maximum Gasteiger partial charge on any atom is 0.388 e. The molecule has 4 nitrogen and oxygen atoms in total. The fraction of sp³-hybridized carbons (Fsp3) is 0.250. The van der Waals surface area contributed by atoms with Crippen LogP contribution in [0.1, 0.15) is 28.9 Å². The summed E-state index contributed by atoms with van der Waals surface area (Å²) < 4.78 is 56.2. The van der Waals surface area contributed by atoms with Gasteiger partial charge in [0.1, 0.15) is 17.2 Å². The summed E-state index contributed by atoms with van der Waals surface area (Å²) >= 11 is 0. The number of nitrogens with zero attached hydrogens (tertiary/aromatic N) is 2. The SMILES string of the molecule is CC(c1ccccc1F)N(C)C(=O)c1cc(F)cnc1OC(F)F. The highest BCUT2D eigenvalue weighted by Crippen LogP contribution is 2.26. The molecule has 24 heavy (non-hydrogen) atoms. The third kappa shape index (κ3) is 3.81. The zero-order chi connectivity index (χ0) is 17.9. The van der Waals surface area contributed by atoms with Crippen molar-refractivity contribution in [3.63, 3.8) is 0 Å². The lowest BCUT2D eigenvalue weighted by Gasteiger charge is -2.26. The monoisotopic (exact) mass is 342 g/mol. The Bertz CT molecular complexity index is 740. The Balaban J connectivity index is 2.34. The van der Waals surface area contributed by atoms with Gasteiger partial charge in [0.25, 0.3) is 5.91 Å². The van der Waals surface area contributed by atoms with Crippen LogP contribution in [0.5, 0.6) is 5.88 Å². The van der Waals surface area contributed by atoms with Gasteiger partial charge < -0.3 is 9.64 Å². The molecule has 0 saturated carbocycles. The average molecular weight is 342 g/mol. The summed E-state index contributed by atoms with van der Waals surface area (Å²) in [5.74, 6) is -2.92. The van der Waals surface area contributed by atoms with Gasteiger partial charge in [-0.05, 0) is 19.1 Å². The Morgan fingerprint density at radius 1 is 1.25 bits per heavy atom. The highest BCUT2D eigenvalue weighted by molar-refractivity contribution is 5.96. The fourth-order valence-corrected chi connectivity index (χ4v) is 2.15. The van der Waals surface area contributed by atoms with Crippen molar-refractivity contribution in [3.05, 3.63) is 59.3 Å². The van der Waals surface area contributed by atoms with Gasteiger partial charge in [-0.3, -0.25) is 4.79 Å². The van der Waals surface area contributed by atoms with Crippen LogP contribution in [0.4, 0.5) is 17.6 Å². The molecule has 1 amide bonds. The molecule has 1 heterocycles. The summed E-state index contributed by atoms with van der Waals surface area (Å²) in [6.07, 6.45) is 0.661. The van der Waals surface area contributed by atoms with E-state index in [-0.39, 0.29) is 5.56 Å². The van der Waals surface area contributed by atoms with Gasteiger partial charge in [0.2, 0.25) is 5.88 Å². The van der Waals surface area contributed by atoms with Crippen molar-refractivity contribution in [2.45, 2.75) is 19.6 Å². The maximum atomic E-state index is 13.8. The van der Waals surface area contributed by atoms with E-state index in [1.807, 2.05) is 0 Å². The molecule has 1 unspecified atom stereocenters. The Kier molecular flexibility index (Phi) is 5.38. The summed E-state index contributed by atoms with van der Waals surface area (Å²) in [6, 6.07) is 5.85. The molecule has 128 valence electrons. The summed E-state index contributed by atoms with van der Waals surface area (Å²) in [5.41, 5.74) is -0.241. The Morgan fingerprint density at radius 2 is 1.92 bits per heavy atom. The predicted octanol–water partition coefficient (Wildman–Crippen LogP) is 3.79. The molecule has 0 spiro atoms. The molecule has 8 heteroatoms.